The predicted octanol–water partition coefficient (Wildman–Crippen LogP) is 4.62. The van der Waals surface area contributed by atoms with Gasteiger partial charge in [-0.05, 0) is 45.5 Å². The molecule has 0 aliphatic rings. The van der Waals surface area contributed by atoms with Crippen molar-refractivity contribution in [3.05, 3.63) is 39.9 Å². The molecule has 1 N–H and O–H groups in total. The number of carbonyl (C=O) groups is 1. The van der Waals surface area contributed by atoms with Crippen LogP contribution in [0, 0.1) is 6.92 Å². The van der Waals surface area contributed by atoms with E-state index >= 15 is 0 Å². The maximum atomic E-state index is 12.4. The number of benzene rings is 1. The van der Waals surface area contributed by atoms with Gasteiger partial charge in [-0.2, -0.15) is 0 Å². The summed E-state index contributed by atoms with van der Waals surface area (Å²) in [5.41, 5.74) is 1.62. The molecule has 1 heterocycles. The molecule has 0 radical (unpaired) electrons. The fourth-order valence-corrected chi connectivity index (χ4v) is 3.94. The van der Waals surface area contributed by atoms with Crippen molar-refractivity contribution < 1.29 is 4.79 Å². The lowest BCUT2D eigenvalue weighted by Gasteiger charge is -2.17. The van der Waals surface area contributed by atoms with Gasteiger partial charge in [0.05, 0.1) is 10.7 Å². The lowest BCUT2D eigenvalue weighted by molar-refractivity contribution is 0.0956. The number of hydrogen-bond acceptors (Lipinski definition) is 4. The number of rotatable bonds is 9. The Hall–Kier alpha value is -1.43. The van der Waals surface area contributed by atoms with Crippen molar-refractivity contribution in [2.24, 2.45) is 0 Å². The Morgan fingerprint density at radius 2 is 1.96 bits per heavy atom. The summed E-state index contributed by atoms with van der Waals surface area (Å²) in [7, 11) is 0. The molecular weight excluding hydrogens is 354 g/mol. The van der Waals surface area contributed by atoms with Gasteiger partial charge in [-0.3, -0.25) is 4.79 Å². The molecule has 1 amide bonds. The molecule has 1 aromatic carbocycles. The Morgan fingerprint density at radius 3 is 2.64 bits per heavy atom. The maximum absolute atomic E-state index is 12.4. The lowest BCUT2D eigenvalue weighted by Crippen LogP contribution is -2.27. The molecule has 0 saturated heterocycles. The van der Waals surface area contributed by atoms with Crippen LogP contribution >= 0.6 is 22.9 Å². The lowest BCUT2D eigenvalue weighted by atomic mass is 10.2. The van der Waals surface area contributed by atoms with E-state index in [2.05, 4.69) is 29.0 Å². The van der Waals surface area contributed by atoms with Crippen LogP contribution in [0.3, 0.4) is 0 Å². The van der Waals surface area contributed by atoms with Gasteiger partial charge in [-0.1, -0.05) is 43.6 Å². The van der Waals surface area contributed by atoms with E-state index < -0.39 is 0 Å². The smallest absolute Gasteiger partial charge is 0.263 e. The fraction of sp³-hybridized carbons (Fsp3) is 0.474. The second-order valence-corrected chi connectivity index (χ2v) is 7.31. The third-order valence-electron chi connectivity index (χ3n) is 4.19. The molecule has 2 rings (SSSR count). The average Bonchev–Trinajstić information content (AvgIpc) is 3.00. The quantitative estimate of drug-likeness (QED) is 0.646. The Balaban J connectivity index is 1.89. The van der Waals surface area contributed by atoms with Crippen molar-refractivity contribution in [2.75, 3.05) is 26.2 Å². The van der Waals surface area contributed by atoms with Gasteiger partial charge in [0.25, 0.3) is 5.91 Å². The van der Waals surface area contributed by atoms with Crippen molar-refractivity contribution >= 4 is 28.8 Å². The van der Waals surface area contributed by atoms with Crippen LogP contribution in [0.1, 0.15) is 42.1 Å². The molecule has 0 saturated carbocycles. The van der Waals surface area contributed by atoms with Crippen LogP contribution in [0.2, 0.25) is 5.02 Å². The van der Waals surface area contributed by atoms with E-state index in [1.54, 1.807) is 0 Å². The molecule has 0 bridgehead atoms. The van der Waals surface area contributed by atoms with E-state index in [-0.39, 0.29) is 5.91 Å². The van der Waals surface area contributed by atoms with Crippen LogP contribution in [0.15, 0.2) is 24.3 Å². The number of amides is 1. The molecular formula is C19H26ClN3OS. The number of nitrogens with zero attached hydrogens (tertiary/aromatic N) is 2. The molecule has 1 aromatic heterocycles. The molecule has 0 aliphatic carbocycles. The first-order chi connectivity index (χ1) is 12.1. The van der Waals surface area contributed by atoms with Gasteiger partial charge < -0.3 is 10.2 Å². The number of nitrogens with one attached hydrogen (secondary N) is 1. The molecule has 0 aliphatic heterocycles. The highest BCUT2D eigenvalue weighted by Gasteiger charge is 2.17. The van der Waals surface area contributed by atoms with Gasteiger partial charge in [0.1, 0.15) is 9.88 Å². The van der Waals surface area contributed by atoms with E-state index in [9.17, 15) is 4.79 Å². The largest absolute Gasteiger partial charge is 0.351 e. The topological polar surface area (TPSA) is 45.2 Å². The maximum Gasteiger partial charge on any atom is 0.263 e. The highest BCUT2D eigenvalue weighted by molar-refractivity contribution is 7.17. The number of hydrogen-bond donors (Lipinski definition) is 1. The average molecular weight is 380 g/mol. The second-order valence-electron chi connectivity index (χ2n) is 5.90. The van der Waals surface area contributed by atoms with E-state index in [0.717, 1.165) is 48.7 Å². The van der Waals surface area contributed by atoms with E-state index in [0.29, 0.717) is 16.4 Å². The Kier molecular flexibility index (Phi) is 7.88. The normalized spacial score (nSPS) is 11.1. The van der Waals surface area contributed by atoms with Crippen molar-refractivity contribution in [1.29, 1.82) is 0 Å². The predicted molar refractivity (Wildman–Crippen MR) is 107 cm³/mol. The minimum Gasteiger partial charge on any atom is -0.351 e. The molecule has 4 nitrogen and oxygen atoms in total. The van der Waals surface area contributed by atoms with Crippen molar-refractivity contribution in [3.8, 4) is 10.6 Å². The Morgan fingerprint density at radius 1 is 1.24 bits per heavy atom. The first-order valence-corrected chi connectivity index (χ1v) is 9.99. The fourth-order valence-electron chi connectivity index (χ4n) is 2.64. The SMILES string of the molecule is CCN(CC)CCCCNC(=O)c1sc(-c2ccccc2Cl)nc1C. The zero-order valence-corrected chi connectivity index (χ0v) is 16.7. The van der Waals surface area contributed by atoms with Gasteiger partial charge in [0, 0.05) is 12.1 Å². The number of unbranched alkanes of at least 4 members (excludes halogenated alkanes) is 1. The zero-order valence-electron chi connectivity index (χ0n) is 15.1. The molecule has 136 valence electrons. The summed E-state index contributed by atoms with van der Waals surface area (Å²) in [5, 5.41) is 4.45. The van der Waals surface area contributed by atoms with Crippen molar-refractivity contribution in [2.45, 2.75) is 33.6 Å². The summed E-state index contributed by atoms with van der Waals surface area (Å²) >= 11 is 7.62. The highest BCUT2D eigenvalue weighted by atomic mass is 35.5. The molecule has 0 spiro atoms. The van der Waals surface area contributed by atoms with Crippen LogP contribution in [-0.2, 0) is 0 Å². The number of aryl methyl sites for hydroxylation is 1. The summed E-state index contributed by atoms with van der Waals surface area (Å²) in [6.45, 7) is 10.1. The van der Waals surface area contributed by atoms with E-state index in [4.69, 9.17) is 11.6 Å². The molecule has 6 heteroatoms. The first-order valence-electron chi connectivity index (χ1n) is 8.79. The standard InChI is InChI=1S/C19H26ClN3OS/c1-4-23(5-2)13-9-8-12-21-18(24)17-14(3)22-19(25-17)15-10-6-7-11-16(15)20/h6-7,10-11H,4-5,8-9,12-13H2,1-3H3,(H,21,24). The summed E-state index contributed by atoms with van der Waals surface area (Å²) in [5.74, 6) is -0.0452. The third-order valence-corrected chi connectivity index (χ3v) is 5.71. The van der Waals surface area contributed by atoms with Crippen LogP contribution < -0.4 is 5.32 Å². The molecule has 0 unspecified atom stereocenters. The number of halogens is 1. The Bertz CT molecular complexity index is 698. The third kappa shape index (κ3) is 5.53. The van der Waals surface area contributed by atoms with Gasteiger partial charge in [0.2, 0.25) is 0 Å². The van der Waals surface area contributed by atoms with Crippen LogP contribution in [0.4, 0.5) is 0 Å². The summed E-state index contributed by atoms with van der Waals surface area (Å²) in [4.78, 5) is 20.0. The number of thiazole rings is 1. The zero-order chi connectivity index (χ0) is 18.2. The van der Waals surface area contributed by atoms with Crippen LogP contribution in [0.5, 0.6) is 0 Å². The van der Waals surface area contributed by atoms with Gasteiger partial charge in [-0.25, -0.2) is 4.98 Å². The number of aromatic nitrogens is 1. The monoisotopic (exact) mass is 379 g/mol. The minimum absolute atomic E-state index is 0.0452. The van der Waals surface area contributed by atoms with Gasteiger partial charge in [-0.15, -0.1) is 11.3 Å². The Labute approximate surface area is 159 Å². The molecule has 25 heavy (non-hydrogen) atoms. The van der Waals surface area contributed by atoms with E-state index in [1.165, 1.54) is 11.3 Å². The minimum atomic E-state index is -0.0452. The van der Waals surface area contributed by atoms with Gasteiger partial charge >= 0.3 is 0 Å². The van der Waals surface area contributed by atoms with Crippen molar-refractivity contribution in [1.82, 2.24) is 15.2 Å². The first kappa shape index (κ1) is 19.9. The highest BCUT2D eigenvalue weighted by Crippen LogP contribution is 2.32. The van der Waals surface area contributed by atoms with E-state index in [1.807, 2.05) is 31.2 Å². The van der Waals surface area contributed by atoms with Crippen LogP contribution in [-0.4, -0.2) is 42.0 Å². The van der Waals surface area contributed by atoms with Crippen LogP contribution in [0.25, 0.3) is 10.6 Å². The summed E-state index contributed by atoms with van der Waals surface area (Å²) in [6.07, 6.45) is 2.08. The molecule has 0 fully saturated rings. The molecule has 0 atom stereocenters. The summed E-state index contributed by atoms with van der Waals surface area (Å²) < 4.78 is 0. The number of carbonyl (C=O) groups excluding carboxylic acids is 1. The summed E-state index contributed by atoms with van der Waals surface area (Å²) in [6, 6.07) is 7.57. The van der Waals surface area contributed by atoms with Gasteiger partial charge in [0.15, 0.2) is 0 Å². The second kappa shape index (κ2) is 9.90. The molecule has 2 aromatic rings. The van der Waals surface area contributed by atoms with Crippen molar-refractivity contribution in [3.63, 3.8) is 0 Å².